The summed E-state index contributed by atoms with van der Waals surface area (Å²) >= 11 is 5.00. The molecule has 0 saturated carbocycles. The first kappa shape index (κ1) is 12.6. The first-order valence-corrected chi connectivity index (χ1v) is 8.22. The van der Waals surface area contributed by atoms with Gasteiger partial charge >= 0.3 is 0 Å². The maximum Gasteiger partial charge on any atom is 0.265 e. The van der Waals surface area contributed by atoms with Crippen LogP contribution in [0.3, 0.4) is 0 Å². The second-order valence-corrected chi connectivity index (χ2v) is 6.78. The Bertz CT molecular complexity index is 442. The number of hydrogen-bond acceptors (Lipinski definition) is 3. The third kappa shape index (κ3) is 2.24. The maximum atomic E-state index is 12.6. The van der Waals surface area contributed by atoms with Crippen LogP contribution < -0.4 is 5.32 Å². The van der Waals surface area contributed by atoms with Crippen LogP contribution in [0, 0.1) is 0 Å². The van der Waals surface area contributed by atoms with E-state index in [2.05, 4.69) is 26.1 Å². The van der Waals surface area contributed by atoms with Crippen molar-refractivity contribution in [3.8, 4) is 0 Å². The van der Waals surface area contributed by atoms with Crippen LogP contribution in [0.15, 0.2) is 15.9 Å². The third-order valence-corrected chi connectivity index (χ3v) is 5.76. The molecule has 1 aromatic heterocycles. The van der Waals surface area contributed by atoms with Gasteiger partial charge in [-0.1, -0.05) is 0 Å². The average molecular weight is 329 g/mol. The van der Waals surface area contributed by atoms with Gasteiger partial charge in [0.25, 0.3) is 5.91 Å². The highest BCUT2D eigenvalue weighted by Gasteiger charge is 2.36. The molecule has 3 nitrogen and oxygen atoms in total. The summed E-state index contributed by atoms with van der Waals surface area (Å²) in [6.45, 7) is 2.01. The van der Waals surface area contributed by atoms with Gasteiger partial charge in [0.05, 0.1) is 0 Å². The van der Waals surface area contributed by atoms with E-state index < -0.39 is 0 Å². The lowest BCUT2D eigenvalue weighted by atomic mass is 10.0. The number of hydrogen-bond donors (Lipinski definition) is 1. The molecular weight excluding hydrogens is 312 g/mol. The molecule has 0 aliphatic carbocycles. The first-order chi connectivity index (χ1) is 8.77. The van der Waals surface area contributed by atoms with E-state index in [4.69, 9.17) is 0 Å². The molecule has 2 aliphatic heterocycles. The van der Waals surface area contributed by atoms with E-state index in [1.165, 1.54) is 24.2 Å². The van der Waals surface area contributed by atoms with Gasteiger partial charge in [-0.2, -0.15) is 0 Å². The van der Waals surface area contributed by atoms with Crippen molar-refractivity contribution in [2.24, 2.45) is 0 Å². The number of rotatable bonds is 2. The molecule has 18 heavy (non-hydrogen) atoms. The summed E-state index contributed by atoms with van der Waals surface area (Å²) < 4.78 is 0.933. The number of amides is 1. The number of nitrogens with one attached hydrogen (secondary N) is 1. The smallest absolute Gasteiger partial charge is 0.265 e. The van der Waals surface area contributed by atoms with Crippen molar-refractivity contribution < 1.29 is 4.79 Å². The molecule has 98 valence electrons. The molecule has 2 atom stereocenters. The van der Waals surface area contributed by atoms with Crippen molar-refractivity contribution >= 4 is 33.2 Å². The van der Waals surface area contributed by atoms with Crippen molar-refractivity contribution in [2.75, 3.05) is 13.1 Å². The van der Waals surface area contributed by atoms with Crippen LogP contribution in [0.2, 0.25) is 0 Å². The molecule has 3 heterocycles. The van der Waals surface area contributed by atoms with Crippen LogP contribution in [0.1, 0.15) is 35.4 Å². The Hall–Kier alpha value is -0.390. The standard InChI is InChI=1S/C13H17BrN2OS/c14-9-5-8-18-12(9)13(17)16-7-2-4-11(16)10-3-1-6-15-10/h5,8,10-11,15H,1-4,6-7H2. The van der Waals surface area contributed by atoms with Gasteiger partial charge in [-0.3, -0.25) is 4.79 Å². The van der Waals surface area contributed by atoms with Gasteiger partial charge in [-0.05, 0) is 59.6 Å². The zero-order chi connectivity index (χ0) is 12.5. The van der Waals surface area contributed by atoms with Gasteiger partial charge in [0, 0.05) is 23.1 Å². The Morgan fingerprint density at radius 1 is 1.44 bits per heavy atom. The highest BCUT2D eigenvalue weighted by atomic mass is 79.9. The van der Waals surface area contributed by atoms with E-state index in [1.54, 1.807) is 0 Å². The fraction of sp³-hybridized carbons (Fsp3) is 0.615. The Labute approximate surface area is 120 Å². The van der Waals surface area contributed by atoms with E-state index >= 15 is 0 Å². The maximum absolute atomic E-state index is 12.6. The molecule has 2 unspecified atom stereocenters. The van der Waals surface area contributed by atoms with Crippen LogP contribution in [-0.4, -0.2) is 36.0 Å². The topological polar surface area (TPSA) is 32.3 Å². The Kier molecular flexibility index (Phi) is 3.73. The molecular formula is C13H17BrN2OS. The van der Waals surface area contributed by atoms with Crippen molar-refractivity contribution in [2.45, 2.75) is 37.8 Å². The van der Waals surface area contributed by atoms with Gasteiger partial charge in [0.2, 0.25) is 0 Å². The molecule has 2 aliphatic rings. The lowest BCUT2D eigenvalue weighted by molar-refractivity contribution is 0.0715. The number of likely N-dealkylation sites (tertiary alicyclic amines) is 1. The molecule has 0 bridgehead atoms. The average Bonchev–Trinajstić information content (AvgIpc) is 3.09. The van der Waals surface area contributed by atoms with Gasteiger partial charge in [0.1, 0.15) is 4.88 Å². The quantitative estimate of drug-likeness (QED) is 0.905. The highest BCUT2D eigenvalue weighted by molar-refractivity contribution is 9.10. The largest absolute Gasteiger partial charge is 0.333 e. The summed E-state index contributed by atoms with van der Waals surface area (Å²) in [6.07, 6.45) is 4.73. The van der Waals surface area contributed by atoms with Crippen molar-refractivity contribution in [3.63, 3.8) is 0 Å². The molecule has 0 radical (unpaired) electrons. The SMILES string of the molecule is O=C(c1sccc1Br)N1CCCC1C1CCCN1. The molecule has 5 heteroatoms. The normalized spacial score (nSPS) is 27.9. The Morgan fingerprint density at radius 2 is 2.33 bits per heavy atom. The van der Waals surface area contributed by atoms with Crippen LogP contribution in [0.4, 0.5) is 0 Å². The minimum absolute atomic E-state index is 0.202. The van der Waals surface area contributed by atoms with Crippen molar-refractivity contribution in [1.82, 2.24) is 10.2 Å². The molecule has 0 spiro atoms. The van der Waals surface area contributed by atoms with Gasteiger partial charge < -0.3 is 10.2 Å². The highest BCUT2D eigenvalue weighted by Crippen LogP contribution is 2.30. The number of carbonyl (C=O) groups excluding carboxylic acids is 1. The van der Waals surface area contributed by atoms with Crippen molar-refractivity contribution in [3.05, 3.63) is 20.8 Å². The lowest BCUT2D eigenvalue weighted by Gasteiger charge is -2.29. The second kappa shape index (κ2) is 5.31. The van der Waals surface area contributed by atoms with Crippen LogP contribution >= 0.6 is 27.3 Å². The van der Waals surface area contributed by atoms with Crippen molar-refractivity contribution in [1.29, 1.82) is 0 Å². The zero-order valence-corrected chi connectivity index (χ0v) is 12.6. The monoisotopic (exact) mass is 328 g/mol. The van der Waals surface area contributed by atoms with E-state index in [0.717, 1.165) is 35.3 Å². The fourth-order valence-electron chi connectivity index (χ4n) is 3.08. The fourth-order valence-corrected chi connectivity index (χ4v) is 4.58. The molecule has 1 N–H and O–H groups in total. The summed E-state index contributed by atoms with van der Waals surface area (Å²) in [5, 5.41) is 5.51. The Morgan fingerprint density at radius 3 is 3.00 bits per heavy atom. The first-order valence-electron chi connectivity index (χ1n) is 6.55. The molecule has 2 saturated heterocycles. The van der Waals surface area contributed by atoms with Gasteiger partial charge in [-0.15, -0.1) is 11.3 Å². The summed E-state index contributed by atoms with van der Waals surface area (Å²) in [6, 6.07) is 2.86. The van der Waals surface area contributed by atoms with Crippen LogP contribution in [-0.2, 0) is 0 Å². The second-order valence-electron chi connectivity index (χ2n) is 5.01. The molecule has 0 aromatic carbocycles. The molecule has 2 fully saturated rings. The number of carbonyl (C=O) groups is 1. The van der Waals surface area contributed by atoms with Crippen LogP contribution in [0.25, 0.3) is 0 Å². The molecule has 1 aromatic rings. The summed E-state index contributed by atoms with van der Waals surface area (Å²) in [5.74, 6) is 0.202. The van der Waals surface area contributed by atoms with Gasteiger partial charge in [0.15, 0.2) is 0 Å². The summed E-state index contributed by atoms with van der Waals surface area (Å²) in [4.78, 5) is 15.5. The minimum Gasteiger partial charge on any atom is -0.333 e. The summed E-state index contributed by atoms with van der Waals surface area (Å²) in [7, 11) is 0. The van der Waals surface area contributed by atoms with E-state index in [-0.39, 0.29) is 5.91 Å². The molecule has 1 amide bonds. The minimum atomic E-state index is 0.202. The predicted octanol–water partition coefficient (Wildman–Crippen LogP) is 2.87. The predicted molar refractivity (Wildman–Crippen MR) is 77.1 cm³/mol. The van der Waals surface area contributed by atoms with Gasteiger partial charge in [-0.25, -0.2) is 0 Å². The summed E-state index contributed by atoms with van der Waals surface area (Å²) in [5.41, 5.74) is 0. The number of nitrogens with zero attached hydrogens (tertiary/aromatic N) is 1. The zero-order valence-electron chi connectivity index (χ0n) is 10.2. The molecule has 3 rings (SSSR count). The number of thiophene rings is 1. The van der Waals surface area contributed by atoms with Crippen LogP contribution in [0.5, 0.6) is 0 Å². The third-order valence-electron chi connectivity index (χ3n) is 3.93. The van der Waals surface area contributed by atoms with E-state index in [1.807, 2.05) is 11.4 Å². The van der Waals surface area contributed by atoms with E-state index in [9.17, 15) is 4.79 Å². The Balaban J connectivity index is 1.78. The lowest BCUT2D eigenvalue weighted by Crippen LogP contribution is -2.46. The van der Waals surface area contributed by atoms with E-state index in [0.29, 0.717) is 12.1 Å². The number of halogens is 1.